The summed E-state index contributed by atoms with van der Waals surface area (Å²) < 4.78 is 0. The lowest BCUT2D eigenvalue weighted by molar-refractivity contribution is -0.134. The van der Waals surface area contributed by atoms with Crippen LogP contribution in [0.5, 0.6) is 0 Å². The number of aromatic nitrogens is 2. The van der Waals surface area contributed by atoms with E-state index in [2.05, 4.69) is 21.4 Å². The average Bonchev–Trinajstić information content (AvgIpc) is 3.32. The van der Waals surface area contributed by atoms with Crippen molar-refractivity contribution >= 4 is 39.2 Å². The highest BCUT2D eigenvalue weighted by Crippen LogP contribution is 2.23. The fourth-order valence-electron chi connectivity index (χ4n) is 3.78. The molecule has 1 aromatic carbocycles. The molecule has 1 saturated heterocycles. The lowest BCUT2D eigenvalue weighted by atomic mass is 9.96. The predicted molar refractivity (Wildman–Crippen MR) is 111 cm³/mol. The van der Waals surface area contributed by atoms with Crippen molar-refractivity contribution in [3.8, 4) is 0 Å². The summed E-state index contributed by atoms with van der Waals surface area (Å²) in [5.74, 6) is -0.0913. The van der Waals surface area contributed by atoms with Crippen LogP contribution in [0.2, 0.25) is 0 Å². The van der Waals surface area contributed by atoms with Crippen LogP contribution in [0, 0.1) is 12.8 Å². The SMILES string of the molecule is Cc1cnc(NC(=O)[C@H]2CCCN(C(=O)CCc3c[nH]c4ccccc34)C2)s1. The number of hydrogen-bond acceptors (Lipinski definition) is 4. The summed E-state index contributed by atoms with van der Waals surface area (Å²) in [5, 5.41) is 4.69. The van der Waals surface area contributed by atoms with Gasteiger partial charge in [0, 0.05) is 47.7 Å². The maximum absolute atomic E-state index is 12.7. The van der Waals surface area contributed by atoms with E-state index in [9.17, 15) is 9.59 Å². The molecule has 7 heteroatoms. The van der Waals surface area contributed by atoms with Crippen molar-refractivity contribution in [3.05, 3.63) is 47.1 Å². The molecule has 2 N–H and O–H groups in total. The number of aromatic amines is 1. The summed E-state index contributed by atoms with van der Waals surface area (Å²) in [6.07, 6.45) is 6.56. The van der Waals surface area contributed by atoms with Crippen molar-refractivity contribution in [3.63, 3.8) is 0 Å². The summed E-state index contributed by atoms with van der Waals surface area (Å²) in [7, 11) is 0. The molecule has 0 unspecified atom stereocenters. The number of piperidine rings is 1. The molecule has 4 rings (SSSR count). The Hall–Kier alpha value is -2.67. The molecule has 1 aliphatic heterocycles. The summed E-state index contributed by atoms with van der Waals surface area (Å²) in [6.45, 7) is 3.18. The molecule has 146 valence electrons. The van der Waals surface area contributed by atoms with Crippen molar-refractivity contribution < 1.29 is 9.59 Å². The Labute approximate surface area is 168 Å². The van der Waals surface area contributed by atoms with E-state index < -0.39 is 0 Å². The third-order valence-electron chi connectivity index (χ3n) is 5.28. The van der Waals surface area contributed by atoms with E-state index >= 15 is 0 Å². The van der Waals surface area contributed by atoms with Crippen LogP contribution in [0.4, 0.5) is 5.13 Å². The number of thiazole rings is 1. The molecular weight excluding hydrogens is 372 g/mol. The van der Waals surface area contributed by atoms with Crippen LogP contribution >= 0.6 is 11.3 Å². The summed E-state index contributed by atoms with van der Waals surface area (Å²) >= 11 is 1.47. The predicted octanol–water partition coefficient (Wildman–Crippen LogP) is 3.74. The Morgan fingerprint density at radius 2 is 2.21 bits per heavy atom. The molecule has 2 amide bonds. The maximum Gasteiger partial charge on any atom is 0.231 e. The van der Waals surface area contributed by atoms with Gasteiger partial charge in [0.1, 0.15) is 0 Å². The maximum atomic E-state index is 12.7. The van der Waals surface area contributed by atoms with Crippen molar-refractivity contribution in [1.82, 2.24) is 14.9 Å². The molecule has 1 fully saturated rings. The van der Waals surface area contributed by atoms with Gasteiger partial charge in [-0.3, -0.25) is 9.59 Å². The van der Waals surface area contributed by atoms with Gasteiger partial charge in [-0.2, -0.15) is 0 Å². The van der Waals surface area contributed by atoms with Gasteiger partial charge in [-0.15, -0.1) is 11.3 Å². The first kappa shape index (κ1) is 18.7. The lowest BCUT2D eigenvalue weighted by Crippen LogP contribution is -2.43. The van der Waals surface area contributed by atoms with Crippen LogP contribution < -0.4 is 5.32 Å². The van der Waals surface area contributed by atoms with Crippen LogP contribution in [-0.4, -0.2) is 39.8 Å². The number of hydrogen-bond donors (Lipinski definition) is 2. The molecule has 3 heterocycles. The van der Waals surface area contributed by atoms with Crippen LogP contribution in [0.25, 0.3) is 10.9 Å². The molecule has 1 atom stereocenters. The highest BCUT2D eigenvalue weighted by Gasteiger charge is 2.28. The first-order valence-corrected chi connectivity index (χ1v) is 10.5. The number of likely N-dealkylation sites (tertiary alicyclic amines) is 1. The van der Waals surface area contributed by atoms with Crippen LogP contribution in [0.1, 0.15) is 29.7 Å². The molecule has 3 aromatic rings. The number of anilines is 1. The van der Waals surface area contributed by atoms with Gasteiger partial charge in [0.05, 0.1) is 5.92 Å². The largest absolute Gasteiger partial charge is 0.361 e. The number of nitrogens with one attached hydrogen (secondary N) is 2. The zero-order valence-electron chi connectivity index (χ0n) is 15.9. The second kappa shape index (κ2) is 8.14. The number of carbonyl (C=O) groups excluding carboxylic acids is 2. The first-order chi connectivity index (χ1) is 13.6. The van der Waals surface area contributed by atoms with E-state index in [4.69, 9.17) is 0 Å². The second-order valence-corrected chi connectivity index (χ2v) is 8.54. The zero-order valence-corrected chi connectivity index (χ0v) is 16.7. The van der Waals surface area contributed by atoms with Gasteiger partial charge in [-0.25, -0.2) is 4.98 Å². The Morgan fingerprint density at radius 3 is 3.04 bits per heavy atom. The van der Waals surface area contributed by atoms with Gasteiger partial charge in [0.25, 0.3) is 0 Å². The minimum Gasteiger partial charge on any atom is -0.361 e. The van der Waals surface area contributed by atoms with Crippen molar-refractivity contribution in [2.75, 3.05) is 18.4 Å². The number of para-hydroxylation sites is 1. The highest BCUT2D eigenvalue weighted by molar-refractivity contribution is 7.15. The van der Waals surface area contributed by atoms with Gasteiger partial charge < -0.3 is 15.2 Å². The highest BCUT2D eigenvalue weighted by atomic mass is 32.1. The van der Waals surface area contributed by atoms with Crippen LogP contribution in [0.15, 0.2) is 36.7 Å². The first-order valence-electron chi connectivity index (χ1n) is 9.66. The fourth-order valence-corrected chi connectivity index (χ4v) is 4.44. The number of H-pyrrole nitrogens is 1. The lowest BCUT2D eigenvalue weighted by Gasteiger charge is -2.32. The third-order valence-corrected chi connectivity index (χ3v) is 6.11. The number of benzene rings is 1. The number of fused-ring (bicyclic) bond motifs is 1. The smallest absolute Gasteiger partial charge is 0.231 e. The van der Waals surface area contributed by atoms with Crippen LogP contribution in [-0.2, 0) is 16.0 Å². The third kappa shape index (κ3) is 4.09. The fraction of sp³-hybridized carbons (Fsp3) is 0.381. The van der Waals surface area contributed by atoms with E-state index in [0.29, 0.717) is 24.5 Å². The average molecular weight is 397 g/mol. The standard InChI is InChI=1S/C21H24N4O2S/c1-14-11-23-21(28-14)24-20(27)16-5-4-10-25(13-16)19(26)9-8-15-12-22-18-7-3-2-6-17(15)18/h2-3,6-7,11-12,16,22H,4-5,8-10,13H2,1H3,(H,23,24,27)/t16-/m0/s1. The summed E-state index contributed by atoms with van der Waals surface area (Å²) in [5.41, 5.74) is 2.26. The Balaban J connectivity index is 1.33. The molecule has 1 aliphatic rings. The van der Waals surface area contributed by atoms with E-state index in [1.54, 1.807) is 6.20 Å². The summed E-state index contributed by atoms with van der Waals surface area (Å²) in [6, 6.07) is 8.13. The number of nitrogens with zero attached hydrogens (tertiary/aromatic N) is 2. The number of rotatable bonds is 5. The van der Waals surface area contributed by atoms with E-state index in [-0.39, 0.29) is 17.7 Å². The molecule has 2 aromatic heterocycles. The summed E-state index contributed by atoms with van der Waals surface area (Å²) in [4.78, 5) is 35.6. The molecular formula is C21H24N4O2S. The molecule has 0 spiro atoms. The van der Waals surface area contributed by atoms with Crippen molar-refractivity contribution in [1.29, 1.82) is 0 Å². The van der Waals surface area contributed by atoms with Gasteiger partial charge in [-0.05, 0) is 37.8 Å². The van der Waals surface area contributed by atoms with Crippen molar-refractivity contribution in [2.24, 2.45) is 5.92 Å². The molecule has 0 radical (unpaired) electrons. The monoisotopic (exact) mass is 396 g/mol. The van der Waals surface area contributed by atoms with Gasteiger partial charge >= 0.3 is 0 Å². The van der Waals surface area contributed by atoms with Gasteiger partial charge in [0.15, 0.2) is 5.13 Å². The number of carbonyl (C=O) groups is 2. The molecule has 6 nitrogen and oxygen atoms in total. The topological polar surface area (TPSA) is 78.1 Å². The van der Waals surface area contributed by atoms with E-state index in [0.717, 1.165) is 35.3 Å². The minimum absolute atomic E-state index is 0.0384. The van der Waals surface area contributed by atoms with Crippen molar-refractivity contribution in [2.45, 2.75) is 32.6 Å². The Bertz CT molecular complexity index is 993. The quantitative estimate of drug-likeness (QED) is 0.690. The van der Waals surface area contributed by atoms with Gasteiger partial charge in [0.2, 0.25) is 11.8 Å². The van der Waals surface area contributed by atoms with Gasteiger partial charge in [-0.1, -0.05) is 18.2 Å². The Morgan fingerprint density at radius 1 is 1.36 bits per heavy atom. The normalized spacial score (nSPS) is 17.0. The number of amides is 2. The zero-order chi connectivity index (χ0) is 19.5. The second-order valence-electron chi connectivity index (χ2n) is 7.30. The molecule has 0 aliphatic carbocycles. The molecule has 0 saturated carbocycles. The minimum atomic E-state index is -0.171. The molecule has 0 bridgehead atoms. The Kier molecular flexibility index (Phi) is 5.43. The number of aryl methyl sites for hydroxylation is 2. The van der Waals surface area contributed by atoms with E-state index in [1.807, 2.05) is 36.2 Å². The van der Waals surface area contributed by atoms with Crippen LogP contribution in [0.3, 0.4) is 0 Å². The van der Waals surface area contributed by atoms with E-state index in [1.165, 1.54) is 16.7 Å². The molecule has 28 heavy (non-hydrogen) atoms.